The van der Waals surface area contributed by atoms with Gasteiger partial charge in [-0.1, -0.05) is 46.2 Å². The first-order valence-corrected chi connectivity index (χ1v) is 8.73. The van der Waals surface area contributed by atoms with Gasteiger partial charge in [-0.05, 0) is 43.4 Å². The van der Waals surface area contributed by atoms with Gasteiger partial charge in [0.1, 0.15) is 0 Å². The smallest absolute Gasteiger partial charge is 0.303 e. The summed E-state index contributed by atoms with van der Waals surface area (Å²) in [6.07, 6.45) is 5.40. The second-order valence-corrected chi connectivity index (χ2v) is 5.25. The zero-order valence-electron chi connectivity index (χ0n) is 14.8. The van der Waals surface area contributed by atoms with Gasteiger partial charge >= 0.3 is 5.97 Å². The van der Waals surface area contributed by atoms with Crippen molar-refractivity contribution in [3.8, 4) is 0 Å². The fourth-order valence-corrected chi connectivity index (χ4v) is 2.31. The third-order valence-corrected chi connectivity index (χ3v) is 3.43. The summed E-state index contributed by atoms with van der Waals surface area (Å²) >= 11 is 0. The van der Waals surface area contributed by atoms with Crippen LogP contribution in [0.5, 0.6) is 0 Å². The van der Waals surface area contributed by atoms with Crippen LogP contribution in [0.4, 0.5) is 5.69 Å². The summed E-state index contributed by atoms with van der Waals surface area (Å²) in [5, 5.41) is 8.64. The second-order valence-electron chi connectivity index (χ2n) is 5.25. The van der Waals surface area contributed by atoms with Crippen LogP contribution in [-0.4, -0.2) is 24.2 Å². The Kier molecular flexibility index (Phi) is 12.3. The van der Waals surface area contributed by atoms with E-state index < -0.39 is 5.97 Å². The van der Waals surface area contributed by atoms with Gasteiger partial charge in [-0.15, -0.1) is 0 Å². The Labute approximate surface area is 136 Å². The molecule has 0 radical (unpaired) electrons. The van der Waals surface area contributed by atoms with Gasteiger partial charge in [0.2, 0.25) is 0 Å². The van der Waals surface area contributed by atoms with Gasteiger partial charge in [0.25, 0.3) is 0 Å². The number of anilines is 1. The average molecular weight is 307 g/mol. The number of carbonyl (C=O) groups is 1. The molecular formula is C19H33NO2. The summed E-state index contributed by atoms with van der Waals surface area (Å²) in [7, 11) is 0. The van der Waals surface area contributed by atoms with Crippen LogP contribution in [0.3, 0.4) is 0 Å². The van der Waals surface area contributed by atoms with E-state index in [9.17, 15) is 4.79 Å². The van der Waals surface area contributed by atoms with E-state index >= 15 is 0 Å². The first-order valence-electron chi connectivity index (χ1n) is 8.73. The number of rotatable bonds is 10. The minimum atomic E-state index is -0.713. The maximum absolute atomic E-state index is 10.5. The third-order valence-electron chi connectivity index (χ3n) is 3.43. The van der Waals surface area contributed by atoms with Crippen LogP contribution in [0, 0.1) is 0 Å². The maximum Gasteiger partial charge on any atom is 0.303 e. The minimum absolute atomic E-state index is 0.250. The first kappa shape index (κ1) is 20.5. The second kappa shape index (κ2) is 13.2. The highest BCUT2D eigenvalue weighted by atomic mass is 16.4. The van der Waals surface area contributed by atoms with E-state index in [0.717, 1.165) is 25.9 Å². The van der Waals surface area contributed by atoms with Crippen LogP contribution < -0.4 is 4.90 Å². The van der Waals surface area contributed by atoms with E-state index in [-0.39, 0.29) is 6.42 Å². The molecule has 126 valence electrons. The van der Waals surface area contributed by atoms with Crippen LogP contribution in [0.15, 0.2) is 24.3 Å². The molecule has 0 saturated heterocycles. The van der Waals surface area contributed by atoms with Crippen molar-refractivity contribution in [3.63, 3.8) is 0 Å². The fourth-order valence-electron chi connectivity index (χ4n) is 2.31. The van der Waals surface area contributed by atoms with Crippen molar-refractivity contribution < 1.29 is 9.90 Å². The fraction of sp³-hybridized carbons (Fsp3) is 0.632. The molecule has 1 aromatic carbocycles. The molecule has 0 spiro atoms. The van der Waals surface area contributed by atoms with Crippen molar-refractivity contribution in [2.45, 2.75) is 66.2 Å². The van der Waals surface area contributed by atoms with Crippen LogP contribution >= 0.6 is 0 Å². The van der Waals surface area contributed by atoms with Crippen LogP contribution in [0.1, 0.15) is 65.4 Å². The van der Waals surface area contributed by atoms with Crippen LogP contribution in [0.2, 0.25) is 0 Å². The number of hydrogen-bond donors (Lipinski definition) is 1. The number of carboxylic acid groups (broad SMARTS) is 1. The molecule has 0 fully saturated rings. The first-order chi connectivity index (χ1) is 10.7. The SMILES string of the molecule is CC.CCCCN(CCC)c1ccc(CCCC(=O)O)cc1. The average Bonchev–Trinajstić information content (AvgIpc) is 2.54. The summed E-state index contributed by atoms with van der Waals surface area (Å²) in [4.78, 5) is 12.9. The number of unbranched alkanes of at least 4 members (excludes halogenated alkanes) is 1. The van der Waals surface area contributed by atoms with Crippen molar-refractivity contribution in [3.05, 3.63) is 29.8 Å². The number of benzene rings is 1. The lowest BCUT2D eigenvalue weighted by Crippen LogP contribution is -2.25. The van der Waals surface area contributed by atoms with Gasteiger partial charge in [0.05, 0.1) is 0 Å². The zero-order valence-corrected chi connectivity index (χ0v) is 14.8. The van der Waals surface area contributed by atoms with Crippen molar-refractivity contribution in [1.29, 1.82) is 0 Å². The number of hydrogen-bond acceptors (Lipinski definition) is 2. The largest absolute Gasteiger partial charge is 0.481 e. The quantitative estimate of drug-likeness (QED) is 0.651. The monoisotopic (exact) mass is 307 g/mol. The summed E-state index contributed by atoms with van der Waals surface area (Å²) in [5.74, 6) is -0.713. The van der Waals surface area contributed by atoms with E-state index in [4.69, 9.17) is 5.11 Å². The molecule has 0 aromatic heterocycles. The Hall–Kier alpha value is -1.51. The Balaban J connectivity index is 0.00000211. The van der Waals surface area contributed by atoms with E-state index in [1.807, 2.05) is 13.8 Å². The molecule has 0 saturated carbocycles. The normalized spacial score (nSPS) is 9.82. The molecule has 0 unspecified atom stereocenters. The number of aliphatic carboxylic acids is 1. The Morgan fingerprint density at radius 1 is 1.00 bits per heavy atom. The van der Waals surface area contributed by atoms with Gasteiger partial charge < -0.3 is 10.0 Å². The minimum Gasteiger partial charge on any atom is -0.481 e. The van der Waals surface area contributed by atoms with Crippen molar-refractivity contribution in [2.24, 2.45) is 0 Å². The van der Waals surface area contributed by atoms with Gasteiger partial charge in [-0.3, -0.25) is 4.79 Å². The highest BCUT2D eigenvalue weighted by molar-refractivity contribution is 5.66. The molecule has 22 heavy (non-hydrogen) atoms. The Morgan fingerprint density at radius 2 is 1.64 bits per heavy atom. The molecule has 0 aliphatic heterocycles. The molecule has 0 aliphatic carbocycles. The lowest BCUT2D eigenvalue weighted by Gasteiger charge is -2.24. The van der Waals surface area contributed by atoms with Crippen LogP contribution in [0.25, 0.3) is 0 Å². The molecule has 3 heteroatoms. The lowest BCUT2D eigenvalue weighted by atomic mass is 10.1. The maximum atomic E-state index is 10.5. The van der Waals surface area contributed by atoms with E-state index in [1.165, 1.54) is 24.1 Å². The van der Waals surface area contributed by atoms with E-state index in [1.54, 1.807) is 0 Å². The van der Waals surface area contributed by atoms with Gasteiger partial charge in [0.15, 0.2) is 0 Å². The summed E-state index contributed by atoms with van der Waals surface area (Å²) in [5.41, 5.74) is 2.50. The van der Waals surface area contributed by atoms with Crippen molar-refractivity contribution in [1.82, 2.24) is 0 Å². The van der Waals surface area contributed by atoms with E-state index in [2.05, 4.69) is 43.0 Å². The Bertz CT molecular complexity index is 387. The highest BCUT2D eigenvalue weighted by Crippen LogP contribution is 2.17. The molecule has 0 heterocycles. The van der Waals surface area contributed by atoms with Gasteiger partial charge in [-0.25, -0.2) is 0 Å². The molecule has 0 amide bonds. The number of nitrogens with zero attached hydrogens (tertiary/aromatic N) is 1. The summed E-state index contributed by atoms with van der Waals surface area (Å²) in [6, 6.07) is 8.60. The zero-order chi connectivity index (χ0) is 16.8. The Morgan fingerprint density at radius 3 is 2.14 bits per heavy atom. The van der Waals surface area contributed by atoms with Gasteiger partial charge in [0, 0.05) is 25.2 Å². The molecular weight excluding hydrogens is 274 g/mol. The molecule has 1 N–H and O–H groups in total. The van der Waals surface area contributed by atoms with Gasteiger partial charge in [-0.2, -0.15) is 0 Å². The molecule has 3 nitrogen and oxygen atoms in total. The van der Waals surface area contributed by atoms with Crippen LogP contribution in [-0.2, 0) is 11.2 Å². The molecule has 1 aromatic rings. The van der Waals surface area contributed by atoms with Crippen molar-refractivity contribution >= 4 is 11.7 Å². The molecule has 0 aliphatic rings. The molecule has 0 atom stereocenters. The topological polar surface area (TPSA) is 40.5 Å². The lowest BCUT2D eigenvalue weighted by molar-refractivity contribution is -0.137. The molecule has 1 rings (SSSR count). The number of aryl methyl sites for hydroxylation is 1. The summed E-state index contributed by atoms with van der Waals surface area (Å²) < 4.78 is 0. The standard InChI is InChI=1S/C17H27NO2.C2H6/c1-3-5-14-18(13-4-2)16-11-9-15(10-12-16)7-6-8-17(19)20;1-2/h9-12H,3-8,13-14H2,1-2H3,(H,19,20);1-2H3. The van der Waals surface area contributed by atoms with E-state index in [0.29, 0.717) is 6.42 Å². The summed E-state index contributed by atoms with van der Waals surface area (Å²) in [6.45, 7) is 10.6. The number of carboxylic acids is 1. The predicted octanol–water partition coefficient (Wildman–Crippen LogP) is 5.14. The predicted molar refractivity (Wildman–Crippen MR) is 95.8 cm³/mol. The third kappa shape index (κ3) is 8.71. The molecule has 0 bridgehead atoms. The highest BCUT2D eigenvalue weighted by Gasteiger charge is 2.05. The van der Waals surface area contributed by atoms with Crippen molar-refractivity contribution in [2.75, 3.05) is 18.0 Å².